The first-order valence-electron chi connectivity index (χ1n) is 5.63. The van der Waals surface area contributed by atoms with Crippen molar-refractivity contribution < 1.29 is 4.74 Å². The van der Waals surface area contributed by atoms with Crippen molar-refractivity contribution in [3.05, 3.63) is 29.3 Å². The van der Waals surface area contributed by atoms with Crippen LogP contribution in [0.5, 0.6) is 5.88 Å². The number of fused-ring (bicyclic) bond motifs is 3. The first kappa shape index (κ1) is 12.4. The molecule has 7 heteroatoms. The second kappa shape index (κ2) is 4.51. The third-order valence-corrected chi connectivity index (χ3v) is 3.32. The summed E-state index contributed by atoms with van der Waals surface area (Å²) >= 11 is 12.4. The lowest BCUT2D eigenvalue weighted by Crippen LogP contribution is -2.04. The summed E-state index contributed by atoms with van der Waals surface area (Å²) < 4.78 is 6.79. The van der Waals surface area contributed by atoms with E-state index in [4.69, 9.17) is 27.9 Å². The van der Waals surface area contributed by atoms with E-state index in [9.17, 15) is 0 Å². The molecule has 0 saturated heterocycles. The van der Waals surface area contributed by atoms with Crippen molar-refractivity contribution in [2.45, 2.75) is 12.3 Å². The van der Waals surface area contributed by atoms with Crippen molar-refractivity contribution in [2.75, 3.05) is 7.11 Å². The molecule has 3 rings (SSSR count). The Bertz CT molecular complexity index is 769. The van der Waals surface area contributed by atoms with E-state index in [1.807, 2.05) is 13.0 Å². The van der Waals surface area contributed by atoms with Gasteiger partial charge < -0.3 is 4.74 Å². The van der Waals surface area contributed by atoms with Crippen LogP contribution in [0.1, 0.15) is 18.1 Å². The lowest BCUT2D eigenvalue weighted by Gasteiger charge is -2.10. The summed E-state index contributed by atoms with van der Waals surface area (Å²) in [5, 5.41) is 5.02. The standard InChI is InChI=1S/C12H10Cl2N4O/c1-6(13)12-16-7-5-9(19-2)17-11(14)10(7)8-3-4-15-18(8)12/h3-6H,1-2H3. The fourth-order valence-corrected chi connectivity index (χ4v) is 2.43. The Kier molecular flexibility index (Phi) is 2.95. The van der Waals surface area contributed by atoms with E-state index < -0.39 is 0 Å². The van der Waals surface area contributed by atoms with Crippen LogP contribution in [-0.4, -0.2) is 26.7 Å². The number of rotatable bonds is 2. The fourth-order valence-electron chi connectivity index (χ4n) is 2.01. The Morgan fingerprint density at radius 2 is 2.16 bits per heavy atom. The molecule has 0 fully saturated rings. The molecule has 0 radical (unpaired) electrons. The van der Waals surface area contributed by atoms with Gasteiger partial charge in [0.1, 0.15) is 11.0 Å². The largest absolute Gasteiger partial charge is 0.481 e. The Balaban J connectivity index is 2.49. The monoisotopic (exact) mass is 296 g/mol. The zero-order chi connectivity index (χ0) is 13.6. The number of halogens is 2. The second-order valence-electron chi connectivity index (χ2n) is 4.06. The fraction of sp³-hybridized carbons (Fsp3) is 0.250. The first-order valence-corrected chi connectivity index (χ1v) is 6.45. The highest BCUT2D eigenvalue weighted by atomic mass is 35.5. The molecule has 0 amide bonds. The van der Waals surface area contributed by atoms with Gasteiger partial charge in [-0.2, -0.15) is 5.10 Å². The van der Waals surface area contributed by atoms with Gasteiger partial charge in [-0.05, 0) is 13.0 Å². The van der Waals surface area contributed by atoms with Crippen molar-refractivity contribution in [1.82, 2.24) is 19.6 Å². The summed E-state index contributed by atoms with van der Waals surface area (Å²) in [5.41, 5.74) is 1.51. The summed E-state index contributed by atoms with van der Waals surface area (Å²) in [5.74, 6) is 1.07. The zero-order valence-electron chi connectivity index (χ0n) is 10.3. The van der Waals surface area contributed by atoms with Crippen LogP contribution in [0.3, 0.4) is 0 Å². The van der Waals surface area contributed by atoms with E-state index in [1.54, 1.807) is 16.8 Å². The van der Waals surface area contributed by atoms with Gasteiger partial charge in [0.05, 0.1) is 35.1 Å². The number of aromatic nitrogens is 4. The third-order valence-electron chi connectivity index (χ3n) is 2.85. The van der Waals surface area contributed by atoms with E-state index in [-0.39, 0.29) is 5.38 Å². The normalized spacial score (nSPS) is 13.1. The Morgan fingerprint density at radius 3 is 2.84 bits per heavy atom. The van der Waals surface area contributed by atoms with Crippen molar-refractivity contribution in [3.8, 4) is 5.88 Å². The van der Waals surface area contributed by atoms with Gasteiger partial charge in [0, 0.05) is 6.07 Å². The highest BCUT2D eigenvalue weighted by Crippen LogP contribution is 2.30. The smallest absolute Gasteiger partial charge is 0.216 e. The molecule has 1 unspecified atom stereocenters. The van der Waals surface area contributed by atoms with Gasteiger partial charge in [0.15, 0.2) is 0 Å². The number of ether oxygens (including phenoxy) is 1. The molecular formula is C12H10Cl2N4O. The topological polar surface area (TPSA) is 52.3 Å². The van der Waals surface area contributed by atoms with Crippen LogP contribution in [-0.2, 0) is 0 Å². The minimum Gasteiger partial charge on any atom is -0.481 e. The quantitative estimate of drug-likeness (QED) is 0.538. The van der Waals surface area contributed by atoms with Gasteiger partial charge in [-0.15, -0.1) is 11.6 Å². The van der Waals surface area contributed by atoms with Gasteiger partial charge in [-0.3, -0.25) is 0 Å². The van der Waals surface area contributed by atoms with Crippen LogP contribution < -0.4 is 4.74 Å². The Hall–Kier alpha value is -1.59. The molecule has 0 aromatic carbocycles. The Labute approximate surface area is 119 Å². The molecule has 98 valence electrons. The molecule has 0 spiro atoms. The van der Waals surface area contributed by atoms with Crippen molar-refractivity contribution >= 4 is 39.6 Å². The summed E-state index contributed by atoms with van der Waals surface area (Å²) in [6, 6.07) is 3.59. The maximum absolute atomic E-state index is 6.20. The van der Waals surface area contributed by atoms with Crippen LogP contribution in [0.25, 0.3) is 16.4 Å². The predicted octanol–water partition coefficient (Wildman–Crippen LogP) is 3.24. The minimum atomic E-state index is -0.273. The molecular weight excluding hydrogens is 287 g/mol. The number of hydrogen-bond acceptors (Lipinski definition) is 4. The molecule has 0 bridgehead atoms. The molecule has 0 aliphatic carbocycles. The van der Waals surface area contributed by atoms with E-state index in [0.717, 1.165) is 10.9 Å². The third kappa shape index (κ3) is 1.89. The van der Waals surface area contributed by atoms with E-state index in [0.29, 0.717) is 22.4 Å². The van der Waals surface area contributed by atoms with Gasteiger partial charge in [-0.1, -0.05) is 11.6 Å². The number of hydrogen-bond donors (Lipinski definition) is 0. The van der Waals surface area contributed by atoms with Gasteiger partial charge >= 0.3 is 0 Å². The molecule has 0 saturated carbocycles. The maximum Gasteiger partial charge on any atom is 0.216 e. The number of alkyl halides is 1. The first-order chi connectivity index (χ1) is 9.11. The van der Waals surface area contributed by atoms with Gasteiger partial charge in [-0.25, -0.2) is 14.5 Å². The lowest BCUT2D eigenvalue weighted by atomic mass is 10.2. The summed E-state index contributed by atoms with van der Waals surface area (Å²) in [6.45, 7) is 1.84. The van der Waals surface area contributed by atoms with Crippen LogP contribution in [0.4, 0.5) is 0 Å². The average molecular weight is 297 g/mol. The molecule has 0 aliphatic heterocycles. The van der Waals surface area contributed by atoms with Gasteiger partial charge in [0.2, 0.25) is 5.88 Å². The SMILES string of the molecule is COc1cc2nc(C(C)Cl)n3nccc3c2c(Cl)n1. The molecule has 0 N–H and O–H groups in total. The van der Waals surface area contributed by atoms with Gasteiger partial charge in [0.25, 0.3) is 0 Å². The van der Waals surface area contributed by atoms with Crippen LogP contribution in [0.15, 0.2) is 18.3 Å². The number of nitrogens with zero attached hydrogens (tertiary/aromatic N) is 4. The van der Waals surface area contributed by atoms with Crippen molar-refractivity contribution in [2.24, 2.45) is 0 Å². The highest BCUT2D eigenvalue weighted by molar-refractivity contribution is 6.35. The maximum atomic E-state index is 6.20. The predicted molar refractivity (Wildman–Crippen MR) is 74.1 cm³/mol. The molecule has 0 aliphatic rings. The lowest BCUT2D eigenvalue weighted by molar-refractivity contribution is 0.398. The number of methoxy groups -OCH3 is 1. The number of pyridine rings is 1. The van der Waals surface area contributed by atoms with E-state index in [2.05, 4.69) is 15.1 Å². The van der Waals surface area contributed by atoms with Crippen molar-refractivity contribution in [3.63, 3.8) is 0 Å². The molecule has 5 nitrogen and oxygen atoms in total. The second-order valence-corrected chi connectivity index (χ2v) is 5.08. The van der Waals surface area contributed by atoms with E-state index in [1.165, 1.54) is 7.11 Å². The van der Waals surface area contributed by atoms with E-state index >= 15 is 0 Å². The zero-order valence-corrected chi connectivity index (χ0v) is 11.8. The molecule has 3 aromatic heterocycles. The summed E-state index contributed by atoms with van der Waals surface area (Å²) in [6.07, 6.45) is 1.68. The van der Waals surface area contributed by atoms with Crippen LogP contribution >= 0.6 is 23.2 Å². The van der Waals surface area contributed by atoms with Crippen LogP contribution in [0, 0.1) is 0 Å². The summed E-state index contributed by atoms with van der Waals surface area (Å²) in [4.78, 5) is 8.66. The highest BCUT2D eigenvalue weighted by Gasteiger charge is 2.16. The summed E-state index contributed by atoms with van der Waals surface area (Å²) in [7, 11) is 1.53. The molecule has 19 heavy (non-hydrogen) atoms. The Morgan fingerprint density at radius 1 is 1.37 bits per heavy atom. The average Bonchev–Trinajstić information content (AvgIpc) is 2.85. The molecule has 1 atom stereocenters. The minimum absolute atomic E-state index is 0.273. The molecule has 3 heterocycles. The van der Waals surface area contributed by atoms with Crippen LogP contribution in [0.2, 0.25) is 5.15 Å². The molecule has 3 aromatic rings. The van der Waals surface area contributed by atoms with Crippen molar-refractivity contribution in [1.29, 1.82) is 0 Å².